The standard InChI is InChI=1S/C5H9ClO2/c1-5(6)4-8-3-2-7/h2,5H,3-4H2,1H3. The summed E-state index contributed by atoms with van der Waals surface area (Å²) in [7, 11) is 0. The summed E-state index contributed by atoms with van der Waals surface area (Å²) in [4.78, 5) is 9.62. The van der Waals surface area contributed by atoms with Gasteiger partial charge in [-0.15, -0.1) is 11.6 Å². The van der Waals surface area contributed by atoms with Crippen molar-refractivity contribution in [3.8, 4) is 0 Å². The topological polar surface area (TPSA) is 26.3 Å². The monoisotopic (exact) mass is 136 g/mol. The van der Waals surface area contributed by atoms with Crippen LogP contribution in [0, 0.1) is 0 Å². The number of hydrogen-bond acceptors (Lipinski definition) is 2. The maximum atomic E-state index is 9.62. The van der Waals surface area contributed by atoms with Crippen molar-refractivity contribution >= 4 is 17.9 Å². The molecule has 0 N–H and O–H groups in total. The highest BCUT2D eigenvalue weighted by Crippen LogP contribution is 1.91. The number of carbonyl (C=O) groups excluding carboxylic acids is 1. The molecular formula is C5H9ClO2. The fourth-order valence-corrected chi connectivity index (χ4v) is 0.368. The second kappa shape index (κ2) is 5.06. The highest BCUT2D eigenvalue weighted by Gasteiger charge is 1.92. The van der Waals surface area contributed by atoms with Crippen LogP contribution < -0.4 is 0 Å². The minimum absolute atomic E-state index is 0.00468. The van der Waals surface area contributed by atoms with Crippen molar-refractivity contribution in [3.05, 3.63) is 0 Å². The summed E-state index contributed by atoms with van der Waals surface area (Å²) in [6.45, 7) is 2.41. The molecule has 8 heavy (non-hydrogen) atoms. The van der Waals surface area contributed by atoms with Crippen molar-refractivity contribution in [2.45, 2.75) is 12.3 Å². The molecular weight excluding hydrogens is 128 g/mol. The molecule has 0 amide bonds. The molecule has 0 rings (SSSR count). The Bertz CT molecular complexity index is 63.4. The minimum atomic E-state index is -0.00468. The summed E-state index contributed by atoms with van der Waals surface area (Å²) < 4.78 is 4.74. The lowest BCUT2D eigenvalue weighted by atomic mass is 10.5. The number of carbonyl (C=O) groups is 1. The Labute approximate surface area is 53.8 Å². The number of rotatable bonds is 4. The third kappa shape index (κ3) is 5.92. The zero-order chi connectivity index (χ0) is 6.41. The van der Waals surface area contributed by atoms with Gasteiger partial charge in [0, 0.05) is 0 Å². The first-order chi connectivity index (χ1) is 3.77. The molecule has 0 aliphatic heterocycles. The Morgan fingerprint density at radius 2 is 2.50 bits per heavy atom. The van der Waals surface area contributed by atoms with Gasteiger partial charge in [0.05, 0.1) is 12.0 Å². The van der Waals surface area contributed by atoms with Crippen LogP contribution in [0.4, 0.5) is 0 Å². The van der Waals surface area contributed by atoms with E-state index in [1.807, 2.05) is 6.92 Å². The van der Waals surface area contributed by atoms with Crippen molar-refractivity contribution in [2.75, 3.05) is 13.2 Å². The van der Waals surface area contributed by atoms with Crippen LogP contribution in [0.2, 0.25) is 0 Å². The molecule has 0 fully saturated rings. The third-order valence-electron chi connectivity index (χ3n) is 0.533. The van der Waals surface area contributed by atoms with Crippen molar-refractivity contribution in [3.63, 3.8) is 0 Å². The fraction of sp³-hybridized carbons (Fsp3) is 0.800. The number of hydrogen-bond donors (Lipinski definition) is 0. The molecule has 0 aromatic carbocycles. The van der Waals surface area contributed by atoms with Crippen LogP contribution in [0.25, 0.3) is 0 Å². The summed E-state index contributed by atoms with van der Waals surface area (Å²) in [6, 6.07) is 0. The molecule has 0 radical (unpaired) electrons. The van der Waals surface area contributed by atoms with E-state index < -0.39 is 0 Å². The summed E-state index contributed by atoms with van der Waals surface area (Å²) >= 11 is 5.47. The van der Waals surface area contributed by atoms with Crippen molar-refractivity contribution in [1.29, 1.82) is 0 Å². The highest BCUT2D eigenvalue weighted by atomic mass is 35.5. The second-order valence-corrected chi connectivity index (χ2v) is 2.23. The van der Waals surface area contributed by atoms with E-state index in [-0.39, 0.29) is 12.0 Å². The zero-order valence-corrected chi connectivity index (χ0v) is 5.52. The van der Waals surface area contributed by atoms with Crippen molar-refractivity contribution in [2.24, 2.45) is 0 Å². The molecule has 0 aromatic rings. The van der Waals surface area contributed by atoms with E-state index >= 15 is 0 Å². The molecule has 1 unspecified atom stereocenters. The van der Waals surface area contributed by atoms with Gasteiger partial charge in [-0.25, -0.2) is 0 Å². The summed E-state index contributed by atoms with van der Waals surface area (Å²) in [5, 5.41) is -0.00468. The van der Waals surface area contributed by atoms with Gasteiger partial charge in [-0.05, 0) is 6.92 Å². The third-order valence-corrected chi connectivity index (χ3v) is 0.659. The van der Waals surface area contributed by atoms with Crippen LogP contribution >= 0.6 is 11.6 Å². The van der Waals surface area contributed by atoms with E-state index in [4.69, 9.17) is 16.3 Å². The molecule has 0 heterocycles. The van der Waals surface area contributed by atoms with Gasteiger partial charge in [-0.2, -0.15) is 0 Å². The van der Waals surface area contributed by atoms with Crippen LogP contribution in [0.5, 0.6) is 0 Å². The molecule has 0 aromatic heterocycles. The molecule has 2 nitrogen and oxygen atoms in total. The normalized spacial score (nSPS) is 13.2. The molecule has 48 valence electrons. The highest BCUT2D eigenvalue weighted by molar-refractivity contribution is 6.20. The van der Waals surface area contributed by atoms with Crippen LogP contribution in [0.3, 0.4) is 0 Å². The molecule has 0 aliphatic rings. The summed E-state index contributed by atoms with van der Waals surface area (Å²) in [5.41, 5.74) is 0. The number of alkyl halides is 1. The summed E-state index contributed by atoms with van der Waals surface area (Å²) in [6.07, 6.45) is 0.708. The average molecular weight is 137 g/mol. The Morgan fingerprint density at radius 3 is 2.88 bits per heavy atom. The molecule has 1 atom stereocenters. The molecule has 0 bridgehead atoms. The molecule has 0 saturated heterocycles. The van der Waals surface area contributed by atoms with Crippen LogP contribution in [0.1, 0.15) is 6.92 Å². The first-order valence-electron chi connectivity index (χ1n) is 2.43. The van der Waals surface area contributed by atoms with Gasteiger partial charge in [-0.1, -0.05) is 0 Å². The molecule has 0 saturated carbocycles. The van der Waals surface area contributed by atoms with Crippen molar-refractivity contribution < 1.29 is 9.53 Å². The SMILES string of the molecule is CC(Cl)COCC=O. The lowest BCUT2D eigenvalue weighted by Crippen LogP contribution is -2.05. The van der Waals surface area contributed by atoms with Gasteiger partial charge in [0.2, 0.25) is 0 Å². The van der Waals surface area contributed by atoms with E-state index in [1.165, 1.54) is 0 Å². The van der Waals surface area contributed by atoms with Gasteiger partial charge in [0.25, 0.3) is 0 Å². The Kier molecular flexibility index (Phi) is 5.01. The molecule has 0 spiro atoms. The first-order valence-corrected chi connectivity index (χ1v) is 2.86. The quantitative estimate of drug-likeness (QED) is 0.325. The number of halogens is 1. The van der Waals surface area contributed by atoms with E-state index in [0.29, 0.717) is 12.9 Å². The smallest absolute Gasteiger partial charge is 0.145 e. The maximum Gasteiger partial charge on any atom is 0.145 e. The number of aldehydes is 1. The molecule has 3 heteroatoms. The zero-order valence-electron chi connectivity index (χ0n) is 4.76. The van der Waals surface area contributed by atoms with Gasteiger partial charge in [0.15, 0.2) is 0 Å². The Hall–Kier alpha value is -0.0800. The predicted molar refractivity (Wildman–Crippen MR) is 32.2 cm³/mol. The van der Waals surface area contributed by atoms with E-state index in [1.54, 1.807) is 0 Å². The van der Waals surface area contributed by atoms with Gasteiger partial charge < -0.3 is 9.53 Å². The average Bonchev–Trinajstić information content (AvgIpc) is 1.66. The predicted octanol–water partition coefficient (Wildman–Crippen LogP) is 0.829. The van der Waals surface area contributed by atoms with E-state index in [2.05, 4.69) is 0 Å². The maximum absolute atomic E-state index is 9.62. The Morgan fingerprint density at radius 1 is 1.88 bits per heavy atom. The second-order valence-electron chi connectivity index (χ2n) is 1.48. The van der Waals surface area contributed by atoms with Crippen molar-refractivity contribution in [1.82, 2.24) is 0 Å². The van der Waals surface area contributed by atoms with Gasteiger partial charge in [-0.3, -0.25) is 0 Å². The minimum Gasteiger partial charge on any atom is -0.372 e. The van der Waals surface area contributed by atoms with Crippen LogP contribution in [-0.2, 0) is 9.53 Å². The van der Waals surface area contributed by atoms with E-state index in [0.717, 1.165) is 0 Å². The van der Waals surface area contributed by atoms with E-state index in [9.17, 15) is 4.79 Å². The van der Waals surface area contributed by atoms with Gasteiger partial charge >= 0.3 is 0 Å². The van der Waals surface area contributed by atoms with Crippen LogP contribution in [-0.4, -0.2) is 24.9 Å². The molecule has 0 aliphatic carbocycles. The van der Waals surface area contributed by atoms with Crippen LogP contribution in [0.15, 0.2) is 0 Å². The summed E-state index contributed by atoms with van der Waals surface area (Å²) in [5.74, 6) is 0. The van der Waals surface area contributed by atoms with Gasteiger partial charge in [0.1, 0.15) is 12.9 Å². The lowest BCUT2D eigenvalue weighted by Gasteiger charge is -1.98. The lowest BCUT2D eigenvalue weighted by molar-refractivity contribution is -0.111. The fourth-order valence-electron chi connectivity index (χ4n) is 0.279. The Balaban J connectivity index is 2.81. The number of ether oxygens (including phenoxy) is 1. The first kappa shape index (κ1) is 7.92. The largest absolute Gasteiger partial charge is 0.372 e.